The number of hydrogen-bond donors (Lipinski definition) is 5. The van der Waals surface area contributed by atoms with Gasteiger partial charge in [0.2, 0.25) is 5.91 Å². The summed E-state index contributed by atoms with van der Waals surface area (Å²) in [6, 6.07) is 5.38. The standard InChI is InChI=1S/C31H33ClN6O4/c1-18(39)24-8-4-20(32)13-25(24)26-15-30(40)38(17-29(26)42-3)28(14-21(33)10-11-36-22-5-6-22)31(41)37-23-7-9-27(34)19(12-23)16-35-2/h4,7-13,15-17,22,28,33-36H,5-6,14H2,1-3H3,(H,37,41)/b11-10-,19-16-,33-21?,34-27?. The zero-order chi connectivity index (χ0) is 30.4. The monoisotopic (exact) mass is 588 g/mol. The fraction of sp³-hybridized carbons (Fsp3) is 0.258. The minimum atomic E-state index is -1.11. The van der Waals surface area contributed by atoms with E-state index in [1.165, 1.54) is 30.9 Å². The molecule has 0 aliphatic heterocycles. The van der Waals surface area contributed by atoms with E-state index in [-0.39, 0.29) is 29.4 Å². The summed E-state index contributed by atoms with van der Waals surface area (Å²) in [5.74, 6) is -0.488. The SMILES string of the molecule is CN/C=C1/C=C(NC(=O)C(CC(=N)/C=C\NC2CC2)n2cc(OC)c(-c3cc(Cl)ccc3C(C)=O)cc2=O)C=CC1=N. The zero-order valence-electron chi connectivity index (χ0n) is 23.6. The Morgan fingerprint density at radius 1 is 1.21 bits per heavy atom. The summed E-state index contributed by atoms with van der Waals surface area (Å²) in [7, 11) is 3.14. The van der Waals surface area contributed by atoms with Gasteiger partial charge in [-0.2, -0.15) is 0 Å². The number of ether oxygens (including phenoxy) is 1. The number of hydrogen-bond acceptors (Lipinski definition) is 8. The van der Waals surface area contributed by atoms with Crippen molar-refractivity contribution in [1.82, 2.24) is 20.5 Å². The Labute approximate surface area is 248 Å². The van der Waals surface area contributed by atoms with Gasteiger partial charge in [-0.15, -0.1) is 0 Å². The molecule has 1 atom stereocenters. The molecule has 218 valence electrons. The molecule has 0 radical (unpaired) electrons. The van der Waals surface area contributed by atoms with Crippen molar-refractivity contribution in [2.45, 2.75) is 38.3 Å². The van der Waals surface area contributed by atoms with Crippen molar-refractivity contribution in [2.75, 3.05) is 14.2 Å². The third-order valence-electron chi connectivity index (χ3n) is 6.78. The Bertz CT molecular complexity index is 1610. The first-order chi connectivity index (χ1) is 20.1. The number of ketones is 1. The number of allylic oxidation sites excluding steroid dienone is 5. The highest BCUT2D eigenvalue weighted by atomic mass is 35.5. The molecule has 1 saturated carbocycles. The van der Waals surface area contributed by atoms with Crippen molar-refractivity contribution in [1.29, 1.82) is 10.8 Å². The first-order valence-electron chi connectivity index (χ1n) is 13.4. The van der Waals surface area contributed by atoms with Gasteiger partial charge < -0.3 is 31.5 Å². The lowest BCUT2D eigenvalue weighted by Gasteiger charge is -2.22. The van der Waals surface area contributed by atoms with Gasteiger partial charge in [0, 0.05) is 64.9 Å². The third-order valence-corrected chi connectivity index (χ3v) is 7.01. The molecule has 1 unspecified atom stereocenters. The van der Waals surface area contributed by atoms with Crippen molar-refractivity contribution in [3.05, 3.63) is 99.4 Å². The van der Waals surface area contributed by atoms with E-state index < -0.39 is 17.5 Å². The highest BCUT2D eigenvalue weighted by Crippen LogP contribution is 2.34. The molecule has 0 saturated heterocycles. The van der Waals surface area contributed by atoms with Gasteiger partial charge in [0.1, 0.15) is 11.8 Å². The van der Waals surface area contributed by atoms with Crippen molar-refractivity contribution >= 4 is 34.7 Å². The Hall–Kier alpha value is -4.70. The van der Waals surface area contributed by atoms with E-state index in [4.69, 9.17) is 27.2 Å². The maximum atomic E-state index is 13.7. The van der Waals surface area contributed by atoms with Gasteiger partial charge in [0.15, 0.2) is 5.78 Å². The number of rotatable bonds is 12. The van der Waals surface area contributed by atoms with Crippen LogP contribution in [0.15, 0.2) is 83.2 Å². The van der Waals surface area contributed by atoms with Crippen LogP contribution in [-0.2, 0) is 4.79 Å². The van der Waals surface area contributed by atoms with E-state index >= 15 is 0 Å². The molecular formula is C31H33ClN6O4. The largest absolute Gasteiger partial charge is 0.495 e. The Morgan fingerprint density at radius 2 is 1.98 bits per heavy atom. The summed E-state index contributed by atoms with van der Waals surface area (Å²) in [5, 5.41) is 25.9. The number of carbonyl (C=O) groups excluding carboxylic acids is 2. The van der Waals surface area contributed by atoms with E-state index in [0.29, 0.717) is 39.0 Å². The smallest absolute Gasteiger partial charge is 0.252 e. The second-order valence-corrected chi connectivity index (χ2v) is 10.4. The maximum Gasteiger partial charge on any atom is 0.252 e. The van der Waals surface area contributed by atoms with E-state index in [1.807, 2.05) is 0 Å². The normalized spacial score (nSPS) is 16.2. The molecule has 11 heteroatoms. The molecule has 10 nitrogen and oxygen atoms in total. The van der Waals surface area contributed by atoms with Crippen molar-refractivity contribution in [2.24, 2.45) is 0 Å². The molecule has 5 N–H and O–H groups in total. The van der Waals surface area contributed by atoms with E-state index in [2.05, 4.69) is 16.0 Å². The fourth-order valence-corrected chi connectivity index (χ4v) is 4.63. The number of carbonyl (C=O) groups is 2. The van der Waals surface area contributed by atoms with Gasteiger partial charge in [-0.1, -0.05) is 11.6 Å². The van der Waals surface area contributed by atoms with Crippen LogP contribution in [0.1, 0.15) is 42.6 Å². The van der Waals surface area contributed by atoms with Crippen LogP contribution >= 0.6 is 11.6 Å². The lowest BCUT2D eigenvalue weighted by Crippen LogP contribution is -2.38. The van der Waals surface area contributed by atoms with Crippen molar-refractivity contribution in [3.8, 4) is 16.9 Å². The molecule has 0 bridgehead atoms. The number of pyridine rings is 1. The van der Waals surface area contributed by atoms with Gasteiger partial charge in [-0.05, 0) is 74.0 Å². The number of methoxy groups -OCH3 is 1. The molecule has 1 fully saturated rings. The van der Waals surface area contributed by atoms with Crippen LogP contribution in [0.4, 0.5) is 0 Å². The molecule has 1 aromatic heterocycles. The fourth-order valence-electron chi connectivity index (χ4n) is 4.46. The van der Waals surface area contributed by atoms with Crippen molar-refractivity contribution in [3.63, 3.8) is 0 Å². The van der Waals surface area contributed by atoms with Crippen LogP contribution in [-0.4, -0.2) is 47.9 Å². The summed E-state index contributed by atoms with van der Waals surface area (Å²) in [6.07, 6.45) is 13.2. The number of benzene rings is 1. The van der Waals surface area contributed by atoms with Crippen LogP contribution in [0, 0.1) is 10.8 Å². The number of aromatic nitrogens is 1. The zero-order valence-corrected chi connectivity index (χ0v) is 24.3. The first-order valence-corrected chi connectivity index (χ1v) is 13.8. The molecule has 2 aliphatic carbocycles. The minimum absolute atomic E-state index is 0.0844. The molecule has 1 heterocycles. The highest BCUT2D eigenvalue weighted by Gasteiger charge is 2.26. The molecule has 1 amide bonds. The molecule has 1 aromatic carbocycles. The number of halogens is 1. The summed E-state index contributed by atoms with van der Waals surface area (Å²) < 4.78 is 6.85. The van der Waals surface area contributed by atoms with Crippen LogP contribution in [0.3, 0.4) is 0 Å². The average Bonchev–Trinajstić information content (AvgIpc) is 3.78. The first kappa shape index (κ1) is 30.3. The Kier molecular flexibility index (Phi) is 9.59. The van der Waals surface area contributed by atoms with E-state index in [9.17, 15) is 14.4 Å². The van der Waals surface area contributed by atoms with Crippen LogP contribution in [0.25, 0.3) is 11.1 Å². The Morgan fingerprint density at radius 3 is 2.64 bits per heavy atom. The van der Waals surface area contributed by atoms with E-state index in [0.717, 1.165) is 12.8 Å². The van der Waals surface area contributed by atoms with Gasteiger partial charge in [-0.3, -0.25) is 19.0 Å². The van der Waals surface area contributed by atoms with Crippen LogP contribution < -0.4 is 26.2 Å². The number of nitrogens with zero attached hydrogens (tertiary/aromatic N) is 1. The number of Topliss-reactive ketones (excluding diaryl/α,β-unsaturated/α-hetero) is 1. The number of amides is 1. The third kappa shape index (κ3) is 7.32. The molecule has 2 aliphatic rings. The van der Waals surface area contributed by atoms with Gasteiger partial charge in [-0.25, -0.2) is 0 Å². The molecule has 0 spiro atoms. The second kappa shape index (κ2) is 13.3. The van der Waals surface area contributed by atoms with Crippen molar-refractivity contribution < 1.29 is 14.3 Å². The predicted octanol–water partition coefficient (Wildman–Crippen LogP) is 4.29. The summed E-state index contributed by atoms with van der Waals surface area (Å²) in [4.78, 5) is 39.6. The topological polar surface area (TPSA) is 149 Å². The van der Waals surface area contributed by atoms with Crippen LogP contribution in [0.5, 0.6) is 5.75 Å². The average molecular weight is 589 g/mol. The minimum Gasteiger partial charge on any atom is -0.495 e. The van der Waals surface area contributed by atoms with Gasteiger partial charge >= 0.3 is 0 Å². The van der Waals surface area contributed by atoms with E-state index in [1.54, 1.807) is 62.0 Å². The number of nitrogens with one attached hydrogen (secondary N) is 5. The summed E-state index contributed by atoms with van der Waals surface area (Å²) in [5.41, 5.74) is 2.04. The molecule has 2 aromatic rings. The maximum absolute atomic E-state index is 13.7. The quantitative estimate of drug-likeness (QED) is 0.184. The Balaban J connectivity index is 1.74. The van der Waals surface area contributed by atoms with Crippen LogP contribution in [0.2, 0.25) is 5.02 Å². The lowest BCUT2D eigenvalue weighted by molar-refractivity contribution is -0.123. The lowest BCUT2D eigenvalue weighted by atomic mass is 9.97. The molecular weight excluding hydrogens is 556 g/mol. The highest BCUT2D eigenvalue weighted by molar-refractivity contribution is 6.31. The molecule has 4 rings (SSSR count). The summed E-state index contributed by atoms with van der Waals surface area (Å²) >= 11 is 6.23. The summed E-state index contributed by atoms with van der Waals surface area (Å²) in [6.45, 7) is 1.42. The van der Waals surface area contributed by atoms with Gasteiger partial charge in [0.25, 0.3) is 5.56 Å². The van der Waals surface area contributed by atoms with Gasteiger partial charge in [0.05, 0.1) is 19.0 Å². The second-order valence-electron chi connectivity index (χ2n) is 9.99. The predicted molar refractivity (Wildman–Crippen MR) is 165 cm³/mol. The molecule has 42 heavy (non-hydrogen) atoms.